The van der Waals surface area contributed by atoms with Crippen LogP contribution in [-0.4, -0.2) is 22.8 Å². The molecule has 0 fully saturated rings. The average Bonchev–Trinajstić information content (AvgIpc) is 2.59. The van der Waals surface area contributed by atoms with Crippen molar-refractivity contribution < 1.29 is 4.79 Å². The molecule has 1 heterocycles. The molecule has 0 aliphatic rings. The van der Waals surface area contributed by atoms with E-state index in [1.807, 2.05) is 61.5 Å². The predicted octanol–water partition coefficient (Wildman–Crippen LogP) is 4.72. The van der Waals surface area contributed by atoms with Gasteiger partial charge in [0.1, 0.15) is 5.69 Å². The Hall–Kier alpha value is -2.39. The number of carbonyl (C=O) groups excluding carboxylic acids is 1. The van der Waals surface area contributed by atoms with E-state index in [4.69, 9.17) is 11.6 Å². The molecule has 0 aliphatic heterocycles. The number of rotatable bonds is 3. The molecule has 1 atom stereocenters. The Bertz CT molecular complexity index is 863. The fourth-order valence-corrected chi connectivity index (χ4v) is 2.73. The van der Waals surface area contributed by atoms with Gasteiger partial charge in [-0.25, -0.2) is 4.98 Å². The van der Waals surface area contributed by atoms with Crippen LogP contribution in [0, 0.1) is 0 Å². The fraction of sp³-hybridized carbons (Fsp3) is 0.158. The zero-order valence-electron chi connectivity index (χ0n) is 13.0. The molecule has 0 bridgehead atoms. The van der Waals surface area contributed by atoms with Crippen molar-refractivity contribution in [3.8, 4) is 0 Å². The summed E-state index contributed by atoms with van der Waals surface area (Å²) >= 11 is 6.04. The third kappa shape index (κ3) is 3.20. The number of benzene rings is 2. The molecule has 23 heavy (non-hydrogen) atoms. The summed E-state index contributed by atoms with van der Waals surface area (Å²) < 4.78 is 0. The highest BCUT2D eigenvalue weighted by Gasteiger charge is 2.20. The number of nitrogens with zero attached hydrogens (tertiary/aromatic N) is 2. The van der Waals surface area contributed by atoms with Crippen LogP contribution < -0.4 is 0 Å². The number of para-hydroxylation sites is 1. The highest BCUT2D eigenvalue weighted by molar-refractivity contribution is 6.30. The minimum atomic E-state index is -0.108. The van der Waals surface area contributed by atoms with E-state index in [1.54, 1.807) is 18.0 Å². The van der Waals surface area contributed by atoms with E-state index in [1.165, 1.54) is 0 Å². The zero-order chi connectivity index (χ0) is 16.4. The van der Waals surface area contributed by atoms with Gasteiger partial charge in [0, 0.05) is 17.5 Å². The zero-order valence-corrected chi connectivity index (χ0v) is 13.8. The Morgan fingerprint density at radius 2 is 1.87 bits per heavy atom. The van der Waals surface area contributed by atoms with Gasteiger partial charge in [0.15, 0.2) is 0 Å². The Morgan fingerprint density at radius 1 is 1.09 bits per heavy atom. The summed E-state index contributed by atoms with van der Waals surface area (Å²) in [6.07, 6.45) is 0. The maximum absolute atomic E-state index is 12.7. The molecule has 1 aromatic heterocycles. The van der Waals surface area contributed by atoms with Crippen molar-refractivity contribution in [2.45, 2.75) is 13.0 Å². The summed E-state index contributed by atoms with van der Waals surface area (Å²) in [5.74, 6) is -0.108. The molecule has 3 aromatic rings. The fourth-order valence-electron chi connectivity index (χ4n) is 2.53. The molecular formula is C19H17ClN2O. The summed E-state index contributed by atoms with van der Waals surface area (Å²) in [4.78, 5) is 18.9. The molecular weight excluding hydrogens is 308 g/mol. The number of hydrogen-bond acceptors (Lipinski definition) is 2. The van der Waals surface area contributed by atoms with Gasteiger partial charge >= 0.3 is 0 Å². The summed E-state index contributed by atoms with van der Waals surface area (Å²) in [6.45, 7) is 1.98. The number of hydrogen-bond donors (Lipinski definition) is 0. The van der Waals surface area contributed by atoms with Gasteiger partial charge in [-0.2, -0.15) is 0 Å². The molecule has 3 rings (SSSR count). The molecule has 0 saturated heterocycles. The number of amides is 1. The second-order valence-electron chi connectivity index (χ2n) is 5.54. The van der Waals surface area contributed by atoms with Gasteiger partial charge in [-0.15, -0.1) is 0 Å². The lowest BCUT2D eigenvalue weighted by atomic mass is 10.1. The van der Waals surface area contributed by atoms with Crippen molar-refractivity contribution in [2.75, 3.05) is 7.05 Å². The van der Waals surface area contributed by atoms with Crippen LogP contribution in [0.5, 0.6) is 0 Å². The number of fused-ring (bicyclic) bond motifs is 1. The Balaban J connectivity index is 1.88. The lowest BCUT2D eigenvalue weighted by molar-refractivity contribution is 0.0737. The first kappa shape index (κ1) is 15.5. The van der Waals surface area contributed by atoms with Gasteiger partial charge < -0.3 is 4.90 Å². The van der Waals surface area contributed by atoms with Crippen molar-refractivity contribution in [1.29, 1.82) is 0 Å². The van der Waals surface area contributed by atoms with Crippen LogP contribution in [0.15, 0.2) is 60.7 Å². The van der Waals surface area contributed by atoms with E-state index in [0.29, 0.717) is 10.7 Å². The highest BCUT2D eigenvalue weighted by atomic mass is 35.5. The first-order valence-corrected chi connectivity index (χ1v) is 7.82. The molecule has 2 aromatic carbocycles. The lowest BCUT2D eigenvalue weighted by Gasteiger charge is -2.25. The van der Waals surface area contributed by atoms with Gasteiger partial charge in [-0.05, 0) is 36.8 Å². The van der Waals surface area contributed by atoms with E-state index < -0.39 is 0 Å². The molecule has 0 spiro atoms. The smallest absolute Gasteiger partial charge is 0.272 e. The first-order valence-electron chi connectivity index (χ1n) is 7.44. The summed E-state index contributed by atoms with van der Waals surface area (Å²) in [5, 5.41) is 1.69. The molecule has 4 heteroatoms. The summed E-state index contributed by atoms with van der Waals surface area (Å²) in [5.41, 5.74) is 2.26. The SMILES string of the molecule is CC(c1cccc(Cl)c1)N(C)C(=O)c1ccc2ccccc2n1. The third-order valence-corrected chi connectivity index (χ3v) is 4.29. The van der Waals surface area contributed by atoms with Crippen molar-refractivity contribution in [3.63, 3.8) is 0 Å². The van der Waals surface area contributed by atoms with Crippen LogP contribution in [0.25, 0.3) is 10.9 Å². The van der Waals surface area contributed by atoms with E-state index in [-0.39, 0.29) is 11.9 Å². The quantitative estimate of drug-likeness (QED) is 0.698. The predicted molar refractivity (Wildman–Crippen MR) is 93.7 cm³/mol. The van der Waals surface area contributed by atoms with E-state index in [9.17, 15) is 4.79 Å². The van der Waals surface area contributed by atoms with Crippen LogP contribution in [0.3, 0.4) is 0 Å². The maximum atomic E-state index is 12.7. The third-order valence-electron chi connectivity index (χ3n) is 4.05. The number of aromatic nitrogens is 1. The molecule has 0 radical (unpaired) electrons. The summed E-state index contributed by atoms with van der Waals surface area (Å²) in [6, 6.07) is 18.9. The van der Waals surface area contributed by atoms with Gasteiger partial charge in [0.2, 0.25) is 0 Å². The Kier molecular flexibility index (Phi) is 4.30. The Morgan fingerprint density at radius 3 is 2.65 bits per heavy atom. The van der Waals surface area contributed by atoms with Crippen LogP contribution in [0.1, 0.15) is 29.0 Å². The Labute approximate surface area is 140 Å². The standard InChI is InChI=1S/C19H17ClN2O/c1-13(15-7-5-8-16(20)12-15)22(2)19(23)18-11-10-14-6-3-4-9-17(14)21-18/h3-13H,1-2H3. The van der Waals surface area contributed by atoms with E-state index in [2.05, 4.69) is 4.98 Å². The molecule has 3 nitrogen and oxygen atoms in total. The number of pyridine rings is 1. The van der Waals surface area contributed by atoms with Crippen LogP contribution in [0.4, 0.5) is 0 Å². The van der Waals surface area contributed by atoms with Crippen molar-refractivity contribution in [1.82, 2.24) is 9.88 Å². The number of halogens is 1. The topological polar surface area (TPSA) is 33.2 Å². The van der Waals surface area contributed by atoms with Gasteiger partial charge in [0.05, 0.1) is 11.6 Å². The minimum absolute atomic E-state index is 0.0885. The molecule has 0 saturated carbocycles. The van der Waals surface area contributed by atoms with Gasteiger partial charge in [-0.3, -0.25) is 4.79 Å². The van der Waals surface area contributed by atoms with Crippen molar-refractivity contribution in [3.05, 3.63) is 76.9 Å². The molecule has 0 aliphatic carbocycles. The summed E-state index contributed by atoms with van der Waals surface area (Å²) in [7, 11) is 1.78. The molecule has 1 amide bonds. The largest absolute Gasteiger partial charge is 0.334 e. The van der Waals surface area contributed by atoms with E-state index in [0.717, 1.165) is 16.5 Å². The van der Waals surface area contributed by atoms with Crippen LogP contribution in [-0.2, 0) is 0 Å². The number of carbonyl (C=O) groups is 1. The minimum Gasteiger partial charge on any atom is -0.334 e. The van der Waals surface area contributed by atoms with Crippen LogP contribution >= 0.6 is 11.6 Å². The van der Waals surface area contributed by atoms with Gasteiger partial charge in [-0.1, -0.05) is 48.0 Å². The molecule has 116 valence electrons. The second kappa shape index (κ2) is 6.39. The lowest BCUT2D eigenvalue weighted by Crippen LogP contribution is -2.30. The van der Waals surface area contributed by atoms with Crippen molar-refractivity contribution >= 4 is 28.4 Å². The van der Waals surface area contributed by atoms with Crippen LogP contribution in [0.2, 0.25) is 5.02 Å². The monoisotopic (exact) mass is 324 g/mol. The van der Waals surface area contributed by atoms with Gasteiger partial charge in [0.25, 0.3) is 5.91 Å². The first-order chi connectivity index (χ1) is 11.1. The molecule has 1 unspecified atom stereocenters. The maximum Gasteiger partial charge on any atom is 0.272 e. The average molecular weight is 325 g/mol. The van der Waals surface area contributed by atoms with E-state index >= 15 is 0 Å². The van der Waals surface area contributed by atoms with Crippen molar-refractivity contribution in [2.24, 2.45) is 0 Å². The molecule has 0 N–H and O–H groups in total. The normalized spacial score (nSPS) is 12.1. The second-order valence-corrected chi connectivity index (χ2v) is 5.97. The highest BCUT2D eigenvalue weighted by Crippen LogP contribution is 2.23.